The molecule has 1 aromatic carbocycles. The van der Waals surface area contributed by atoms with Crippen molar-refractivity contribution in [1.29, 1.82) is 0 Å². The Morgan fingerprint density at radius 3 is 2.67 bits per heavy atom. The number of hydrogen-bond donors (Lipinski definition) is 1. The highest BCUT2D eigenvalue weighted by Crippen LogP contribution is 2.24. The van der Waals surface area contributed by atoms with Gasteiger partial charge in [-0.05, 0) is 42.5 Å². The van der Waals surface area contributed by atoms with Gasteiger partial charge in [0.25, 0.3) is 0 Å². The molecule has 0 saturated carbocycles. The van der Waals surface area contributed by atoms with Crippen LogP contribution >= 0.6 is 23.2 Å². The van der Waals surface area contributed by atoms with Gasteiger partial charge in [0, 0.05) is 16.7 Å². The molecule has 0 fully saturated rings. The van der Waals surface area contributed by atoms with Crippen LogP contribution in [0.15, 0.2) is 18.2 Å². The number of hydrogen-bond acceptors (Lipinski definition) is 1. The predicted octanol–water partition coefficient (Wildman–Crippen LogP) is 3.94. The Kier molecular flexibility index (Phi) is 5.44. The number of benzene rings is 1. The number of aliphatic hydroxyl groups excluding tert-OH is 1. The van der Waals surface area contributed by atoms with E-state index < -0.39 is 0 Å². The first-order valence-electron chi connectivity index (χ1n) is 5.22. The number of aliphatic hydroxyl groups is 1. The van der Waals surface area contributed by atoms with Gasteiger partial charge in [0.2, 0.25) is 0 Å². The second-order valence-electron chi connectivity index (χ2n) is 3.78. The standard InChI is InChI=1S/C12H16Cl2O/c1-2-3-9(8-15)6-10-7-11(13)4-5-12(10)14/h4-5,7,9,15H,2-3,6,8H2,1H3. The topological polar surface area (TPSA) is 20.2 Å². The van der Waals surface area contributed by atoms with Crippen LogP contribution in [0.4, 0.5) is 0 Å². The molecule has 1 aromatic rings. The van der Waals surface area contributed by atoms with Gasteiger partial charge >= 0.3 is 0 Å². The molecule has 1 N–H and O–H groups in total. The van der Waals surface area contributed by atoms with Crippen molar-refractivity contribution in [3.63, 3.8) is 0 Å². The Bertz CT molecular complexity index is 312. The predicted molar refractivity (Wildman–Crippen MR) is 65.6 cm³/mol. The minimum absolute atomic E-state index is 0.205. The Labute approximate surface area is 101 Å². The van der Waals surface area contributed by atoms with E-state index in [-0.39, 0.29) is 12.5 Å². The molecule has 3 heteroatoms. The van der Waals surface area contributed by atoms with Crippen LogP contribution in [0.3, 0.4) is 0 Å². The minimum atomic E-state index is 0.205. The van der Waals surface area contributed by atoms with Gasteiger partial charge in [-0.3, -0.25) is 0 Å². The quantitative estimate of drug-likeness (QED) is 0.835. The van der Waals surface area contributed by atoms with Crippen LogP contribution in [-0.4, -0.2) is 11.7 Å². The smallest absolute Gasteiger partial charge is 0.0462 e. The summed E-state index contributed by atoms with van der Waals surface area (Å²) < 4.78 is 0. The van der Waals surface area contributed by atoms with Gasteiger partial charge in [-0.15, -0.1) is 0 Å². The molecule has 84 valence electrons. The first-order chi connectivity index (χ1) is 7.17. The molecule has 0 amide bonds. The Balaban J connectivity index is 2.73. The Hall–Kier alpha value is -0.240. The SMILES string of the molecule is CCCC(CO)Cc1cc(Cl)ccc1Cl. The third kappa shape index (κ3) is 4.02. The second kappa shape index (κ2) is 6.37. The normalized spacial score (nSPS) is 12.8. The summed E-state index contributed by atoms with van der Waals surface area (Å²) in [4.78, 5) is 0. The number of rotatable bonds is 5. The van der Waals surface area contributed by atoms with E-state index in [1.165, 1.54) is 0 Å². The highest BCUT2D eigenvalue weighted by Gasteiger charge is 2.10. The minimum Gasteiger partial charge on any atom is -0.396 e. The molecule has 0 aliphatic carbocycles. The monoisotopic (exact) mass is 246 g/mol. The van der Waals surface area contributed by atoms with Crippen molar-refractivity contribution in [2.24, 2.45) is 5.92 Å². The molecule has 0 saturated heterocycles. The molecule has 1 atom stereocenters. The van der Waals surface area contributed by atoms with E-state index in [1.54, 1.807) is 12.1 Å². The molecule has 1 rings (SSSR count). The first kappa shape index (κ1) is 12.8. The summed E-state index contributed by atoms with van der Waals surface area (Å²) in [6, 6.07) is 5.46. The van der Waals surface area contributed by atoms with Gasteiger partial charge in [-0.1, -0.05) is 36.5 Å². The highest BCUT2D eigenvalue weighted by molar-refractivity contribution is 6.33. The maximum absolute atomic E-state index is 9.20. The van der Waals surface area contributed by atoms with Crippen LogP contribution in [0.5, 0.6) is 0 Å². The van der Waals surface area contributed by atoms with Crippen LogP contribution in [0, 0.1) is 5.92 Å². The van der Waals surface area contributed by atoms with E-state index in [4.69, 9.17) is 23.2 Å². The second-order valence-corrected chi connectivity index (χ2v) is 4.62. The average molecular weight is 247 g/mol. The fourth-order valence-electron chi connectivity index (χ4n) is 1.68. The maximum Gasteiger partial charge on any atom is 0.0462 e. The van der Waals surface area contributed by atoms with Crippen LogP contribution in [0.1, 0.15) is 25.3 Å². The van der Waals surface area contributed by atoms with Crippen molar-refractivity contribution in [3.8, 4) is 0 Å². The van der Waals surface area contributed by atoms with Crippen molar-refractivity contribution in [1.82, 2.24) is 0 Å². The lowest BCUT2D eigenvalue weighted by Gasteiger charge is -2.14. The number of halogens is 2. The average Bonchev–Trinajstić information content (AvgIpc) is 2.22. The van der Waals surface area contributed by atoms with Gasteiger partial charge in [-0.25, -0.2) is 0 Å². The van der Waals surface area contributed by atoms with Gasteiger partial charge in [0.15, 0.2) is 0 Å². The lowest BCUT2D eigenvalue weighted by molar-refractivity contribution is 0.217. The molecule has 1 unspecified atom stereocenters. The van der Waals surface area contributed by atoms with Crippen molar-refractivity contribution in [2.45, 2.75) is 26.2 Å². The molecule has 1 nitrogen and oxygen atoms in total. The van der Waals surface area contributed by atoms with Crippen molar-refractivity contribution in [3.05, 3.63) is 33.8 Å². The Morgan fingerprint density at radius 2 is 2.07 bits per heavy atom. The van der Waals surface area contributed by atoms with Crippen LogP contribution in [-0.2, 0) is 6.42 Å². The molecule has 0 aromatic heterocycles. The summed E-state index contributed by atoms with van der Waals surface area (Å²) in [7, 11) is 0. The zero-order chi connectivity index (χ0) is 11.3. The molecule has 0 radical (unpaired) electrons. The third-order valence-electron chi connectivity index (χ3n) is 2.47. The summed E-state index contributed by atoms with van der Waals surface area (Å²) in [5, 5.41) is 10.6. The van der Waals surface area contributed by atoms with E-state index in [1.807, 2.05) is 6.07 Å². The summed E-state index contributed by atoms with van der Waals surface area (Å²) in [6.45, 7) is 2.32. The van der Waals surface area contributed by atoms with E-state index in [0.29, 0.717) is 5.02 Å². The van der Waals surface area contributed by atoms with E-state index in [2.05, 4.69) is 6.92 Å². The van der Waals surface area contributed by atoms with Crippen molar-refractivity contribution >= 4 is 23.2 Å². The Morgan fingerprint density at radius 1 is 1.33 bits per heavy atom. The molecule has 0 spiro atoms. The van der Waals surface area contributed by atoms with Crippen molar-refractivity contribution in [2.75, 3.05) is 6.61 Å². The molecular weight excluding hydrogens is 231 g/mol. The summed E-state index contributed by atoms with van der Waals surface area (Å²) in [5.74, 6) is 0.283. The molecule has 0 heterocycles. The van der Waals surface area contributed by atoms with Crippen LogP contribution in [0.2, 0.25) is 10.0 Å². The molecule has 0 aliphatic heterocycles. The van der Waals surface area contributed by atoms with Gasteiger partial charge in [0.05, 0.1) is 0 Å². The molecule has 0 bridgehead atoms. The molecular formula is C12H16Cl2O. The summed E-state index contributed by atoms with van der Waals surface area (Å²) in [5.41, 5.74) is 1.02. The van der Waals surface area contributed by atoms with E-state index in [9.17, 15) is 5.11 Å². The zero-order valence-corrected chi connectivity index (χ0v) is 10.4. The maximum atomic E-state index is 9.20. The van der Waals surface area contributed by atoms with E-state index >= 15 is 0 Å². The summed E-state index contributed by atoms with van der Waals surface area (Å²) in [6.07, 6.45) is 2.88. The van der Waals surface area contributed by atoms with Gasteiger partial charge in [0.1, 0.15) is 0 Å². The third-order valence-corrected chi connectivity index (χ3v) is 3.08. The van der Waals surface area contributed by atoms with E-state index in [0.717, 1.165) is 29.8 Å². The highest BCUT2D eigenvalue weighted by atomic mass is 35.5. The fourth-order valence-corrected chi connectivity index (χ4v) is 2.07. The molecule has 15 heavy (non-hydrogen) atoms. The first-order valence-corrected chi connectivity index (χ1v) is 5.97. The van der Waals surface area contributed by atoms with Gasteiger partial charge in [-0.2, -0.15) is 0 Å². The largest absolute Gasteiger partial charge is 0.396 e. The van der Waals surface area contributed by atoms with Crippen LogP contribution < -0.4 is 0 Å². The van der Waals surface area contributed by atoms with Gasteiger partial charge < -0.3 is 5.11 Å². The molecule has 0 aliphatic rings. The lowest BCUT2D eigenvalue weighted by Crippen LogP contribution is -2.09. The van der Waals surface area contributed by atoms with Crippen molar-refractivity contribution < 1.29 is 5.11 Å². The lowest BCUT2D eigenvalue weighted by atomic mass is 9.96. The zero-order valence-electron chi connectivity index (χ0n) is 8.84. The van der Waals surface area contributed by atoms with Crippen LogP contribution in [0.25, 0.3) is 0 Å². The summed E-state index contributed by atoms with van der Waals surface area (Å²) >= 11 is 12.0. The fraction of sp³-hybridized carbons (Fsp3) is 0.500.